The number of nitrogens with one attached hydrogen (secondary N) is 3. The normalized spacial score (nSPS) is 22.0. The number of nitrogens with zero attached hydrogens (tertiary/aromatic N) is 6. The van der Waals surface area contributed by atoms with Crippen LogP contribution in [-0.2, 0) is 14.3 Å². The van der Waals surface area contributed by atoms with E-state index >= 15 is 4.39 Å². The van der Waals surface area contributed by atoms with Gasteiger partial charge in [0.15, 0.2) is 5.82 Å². The number of likely N-dealkylation sites (tertiary alicyclic amines) is 1. The van der Waals surface area contributed by atoms with E-state index in [-0.39, 0.29) is 47.6 Å². The molecule has 2 aromatic carbocycles. The van der Waals surface area contributed by atoms with Crippen LogP contribution in [0.2, 0.25) is 0 Å². The van der Waals surface area contributed by atoms with E-state index in [9.17, 15) is 23.6 Å². The molecule has 1 aliphatic carbocycles. The number of benzene rings is 2. The van der Waals surface area contributed by atoms with Crippen LogP contribution in [0.25, 0.3) is 16.9 Å². The van der Waals surface area contributed by atoms with E-state index < -0.39 is 17.8 Å². The fourth-order valence-corrected chi connectivity index (χ4v) is 8.43. The number of amides is 3. The molecular weight excluding hydrogens is 749 g/mol. The van der Waals surface area contributed by atoms with Crippen molar-refractivity contribution in [1.82, 2.24) is 29.7 Å². The van der Waals surface area contributed by atoms with Crippen LogP contribution in [0.1, 0.15) is 51.4 Å². The first kappa shape index (κ1) is 38.9. The van der Waals surface area contributed by atoms with Crippen molar-refractivity contribution < 1.29 is 27.9 Å². The summed E-state index contributed by atoms with van der Waals surface area (Å²) in [5.41, 5.74) is 2.08. The molecule has 0 spiro atoms. The number of hydrogen-bond acceptors (Lipinski definition) is 11. The fraction of sp³-hybridized carbons (Fsp3) is 0.429. The molecule has 5 heterocycles. The van der Waals surface area contributed by atoms with Crippen molar-refractivity contribution >= 4 is 35.2 Å². The van der Waals surface area contributed by atoms with Crippen molar-refractivity contribution in [1.29, 1.82) is 0 Å². The summed E-state index contributed by atoms with van der Waals surface area (Å²) in [7, 11) is 0. The van der Waals surface area contributed by atoms with Crippen molar-refractivity contribution in [3.63, 3.8) is 0 Å². The number of anilines is 3. The predicted octanol–water partition coefficient (Wildman–Crippen LogP) is 4.94. The van der Waals surface area contributed by atoms with Gasteiger partial charge >= 0.3 is 6.09 Å². The average molecular weight is 796 g/mol. The molecule has 3 N–H and O–H groups in total. The van der Waals surface area contributed by atoms with Crippen LogP contribution in [0.5, 0.6) is 0 Å². The highest BCUT2D eigenvalue weighted by Gasteiger charge is 2.33. The summed E-state index contributed by atoms with van der Waals surface area (Å²) in [4.78, 5) is 63.9. The largest absolute Gasteiger partial charge is 0.446 e. The lowest BCUT2D eigenvalue weighted by atomic mass is 9.91. The average Bonchev–Trinajstić information content (AvgIpc) is 3.23. The minimum absolute atomic E-state index is 0.00893. The predicted molar refractivity (Wildman–Crippen MR) is 214 cm³/mol. The Balaban J connectivity index is 0.760. The van der Waals surface area contributed by atoms with Gasteiger partial charge < -0.3 is 25.2 Å². The number of carbonyl (C=O) groups is 3. The number of halogens is 2. The second-order valence-electron chi connectivity index (χ2n) is 15.4. The molecule has 0 radical (unpaired) electrons. The minimum Gasteiger partial charge on any atom is -0.446 e. The molecule has 0 unspecified atom stereocenters. The van der Waals surface area contributed by atoms with Gasteiger partial charge in [0.05, 0.1) is 11.9 Å². The SMILES string of the molecule is O=C1CC[C@@H](Nc2ccc(N3CCN(C4CCC(OC(=O)N5CCC(Nc6ncc(F)c(-c7cccc(-n8ccccc8=O)c7)n6)CC5)CC4)CC3)c(F)c2)C(=O)N1. The number of rotatable bonds is 9. The number of ether oxygens (including phenoxy) is 1. The van der Waals surface area contributed by atoms with Crippen LogP contribution in [0.4, 0.5) is 30.9 Å². The molecule has 1 saturated carbocycles. The number of aromatic nitrogens is 3. The summed E-state index contributed by atoms with van der Waals surface area (Å²) in [5, 5.41) is 8.66. The quantitative estimate of drug-likeness (QED) is 0.198. The van der Waals surface area contributed by atoms with E-state index in [1.54, 1.807) is 59.6 Å². The number of carbonyl (C=O) groups excluding carboxylic acids is 3. The van der Waals surface area contributed by atoms with Gasteiger partial charge in [-0.05, 0) is 81.3 Å². The highest BCUT2D eigenvalue weighted by Crippen LogP contribution is 2.30. The molecule has 304 valence electrons. The third-order valence-electron chi connectivity index (χ3n) is 11.7. The van der Waals surface area contributed by atoms with E-state index in [1.807, 2.05) is 0 Å². The molecule has 1 atom stereocenters. The first-order valence-corrected chi connectivity index (χ1v) is 20.1. The topological polar surface area (TPSA) is 154 Å². The zero-order chi connectivity index (χ0) is 40.2. The Morgan fingerprint density at radius 3 is 2.34 bits per heavy atom. The Hall–Kier alpha value is -5.90. The maximum atomic E-state index is 15.2. The Morgan fingerprint density at radius 1 is 0.810 bits per heavy atom. The van der Waals surface area contributed by atoms with Crippen LogP contribution in [0, 0.1) is 11.6 Å². The standard InChI is InChI=1S/C42H47F2N9O5/c43-33-25-29(46-35-12-14-37(54)48-40(35)56)7-13-36(33)51-22-20-50(21-23-51)30-8-10-32(11-9-30)58-42(57)52-18-15-28(16-19-52)47-41-45-26-34(44)39(49-41)27-4-3-5-31(24-27)53-17-2-1-6-38(53)55/h1-7,13,17,24-26,28,30,32,35,46H,8-12,14-16,18-23H2,(H,45,47,49)(H,48,54,56)/t30?,32?,35-/m1/s1. The number of hydrogen-bond donors (Lipinski definition) is 3. The first-order chi connectivity index (χ1) is 28.2. The van der Waals surface area contributed by atoms with Crippen LogP contribution in [0.15, 0.2) is 77.9 Å². The molecule has 2 aromatic heterocycles. The maximum Gasteiger partial charge on any atom is 0.410 e. The second kappa shape index (κ2) is 17.3. The summed E-state index contributed by atoms with van der Waals surface area (Å²) < 4.78 is 37.6. The van der Waals surface area contributed by atoms with E-state index in [4.69, 9.17) is 4.74 Å². The Bertz CT molecular complexity index is 2200. The summed E-state index contributed by atoms with van der Waals surface area (Å²) in [5.74, 6) is -1.32. The van der Waals surface area contributed by atoms with Gasteiger partial charge in [-0.15, -0.1) is 0 Å². The van der Waals surface area contributed by atoms with Crippen LogP contribution >= 0.6 is 0 Å². The highest BCUT2D eigenvalue weighted by molar-refractivity contribution is 6.01. The molecule has 0 bridgehead atoms. The summed E-state index contributed by atoms with van der Waals surface area (Å²) in [6.07, 6.45) is 7.74. The zero-order valence-corrected chi connectivity index (χ0v) is 32.1. The lowest BCUT2D eigenvalue weighted by Crippen LogP contribution is -2.52. The van der Waals surface area contributed by atoms with Crippen molar-refractivity contribution in [2.75, 3.05) is 54.8 Å². The summed E-state index contributed by atoms with van der Waals surface area (Å²) in [6, 6.07) is 16.6. The fourth-order valence-electron chi connectivity index (χ4n) is 8.43. The van der Waals surface area contributed by atoms with E-state index in [0.717, 1.165) is 45.0 Å². The highest BCUT2D eigenvalue weighted by atomic mass is 19.1. The summed E-state index contributed by atoms with van der Waals surface area (Å²) >= 11 is 0. The van der Waals surface area contributed by atoms with Gasteiger partial charge in [0.25, 0.3) is 5.56 Å². The summed E-state index contributed by atoms with van der Waals surface area (Å²) in [6.45, 7) is 4.02. The molecular formula is C42H47F2N9O5. The van der Waals surface area contributed by atoms with Crippen LogP contribution in [-0.4, -0.2) is 106 Å². The second-order valence-corrected chi connectivity index (χ2v) is 15.4. The van der Waals surface area contributed by atoms with E-state index in [2.05, 4.69) is 35.7 Å². The van der Waals surface area contributed by atoms with E-state index in [1.165, 1.54) is 16.7 Å². The van der Waals surface area contributed by atoms with Gasteiger partial charge in [-0.2, -0.15) is 0 Å². The van der Waals surface area contributed by atoms with Crippen molar-refractivity contribution in [2.45, 2.75) is 75.6 Å². The van der Waals surface area contributed by atoms with Crippen molar-refractivity contribution in [3.8, 4) is 16.9 Å². The van der Waals surface area contributed by atoms with Gasteiger partial charge in [-0.1, -0.05) is 18.2 Å². The molecule has 4 fully saturated rings. The molecule has 3 aliphatic heterocycles. The number of piperazine rings is 1. The smallest absolute Gasteiger partial charge is 0.410 e. The minimum atomic E-state index is -0.573. The maximum absolute atomic E-state index is 15.2. The third-order valence-corrected chi connectivity index (χ3v) is 11.7. The van der Waals surface area contributed by atoms with Gasteiger partial charge in [-0.3, -0.25) is 29.2 Å². The Labute approximate surface area is 334 Å². The number of pyridine rings is 1. The molecule has 14 nitrogen and oxygen atoms in total. The zero-order valence-electron chi connectivity index (χ0n) is 32.1. The third kappa shape index (κ3) is 8.96. The molecule has 58 heavy (non-hydrogen) atoms. The van der Waals surface area contributed by atoms with Crippen molar-refractivity contribution in [2.24, 2.45) is 0 Å². The van der Waals surface area contributed by atoms with Gasteiger partial charge in [0.1, 0.15) is 23.7 Å². The van der Waals surface area contributed by atoms with Crippen LogP contribution in [0.3, 0.4) is 0 Å². The molecule has 4 aromatic rings. The van der Waals surface area contributed by atoms with Crippen LogP contribution < -0.4 is 26.4 Å². The Morgan fingerprint density at radius 2 is 1.60 bits per heavy atom. The molecule has 3 saturated heterocycles. The monoisotopic (exact) mass is 795 g/mol. The number of imide groups is 1. The lowest BCUT2D eigenvalue weighted by Gasteiger charge is -2.42. The first-order valence-electron chi connectivity index (χ1n) is 20.1. The van der Waals surface area contributed by atoms with Gasteiger partial charge in [0.2, 0.25) is 17.8 Å². The van der Waals surface area contributed by atoms with Gasteiger partial charge in [0, 0.05) is 87.0 Å². The Kier molecular flexibility index (Phi) is 11.6. The van der Waals surface area contributed by atoms with E-state index in [0.29, 0.717) is 80.1 Å². The molecule has 4 aliphatic rings. The molecule has 3 amide bonds. The van der Waals surface area contributed by atoms with Crippen molar-refractivity contribution in [3.05, 3.63) is 95.0 Å². The molecule has 8 rings (SSSR count). The number of piperidine rings is 2. The molecule has 16 heteroatoms. The van der Waals surface area contributed by atoms with Gasteiger partial charge in [-0.25, -0.2) is 23.5 Å². The lowest BCUT2D eigenvalue weighted by molar-refractivity contribution is -0.133.